The Hall–Kier alpha value is -2.57. The smallest absolute Gasteiger partial charge is 0.258 e. The molecule has 0 saturated carbocycles. The highest BCUT2D eigenvalue weighted by Gasteiger charge is 2.14. The van der Waals surface area contributed by atoms with E-state index in [-0.39, 0.29) is 17.4 Å². The van der Waals surface area contributed by atoms with Crippen molar-refractivity contribution >= 4 is 5.82 Å². The van der Waals surface area contributed by atoms with Crippen molar-refractivity contribution in [1.29, 1.82) is 0 Å². The summed E-state index contributed by atoms with van der Waals surface area (Å²) >= 11 is 0. The molecule has 0 aliphatic rings. The number of benzene rings is 1. The van der Waals surface area contributed by atoms with E-state index in [4.69, 9.17) is 14.2 Å². The van der Waals surface area contributed by atoms with Gasteiger partial charge in [0.15, 0.2) is 17.5 Å². The average molecular weight is 296 g/mol. The van der Waals surface area contributed by atoms with Crippen molar-refractivity contribution in [3.8, 4) is 23.1 Å². The van der Waals surface area contributed by atoms with E-state index in [9.17, 15) is 8.78 Å². The second-order valence-corrected chi connectivity index (χ2v) is 4.01. The minimum atomic E-state index is -0.909. The molecule has 0 aliphatic carbocycles. The predicted molar refractivity (Wildman–Crippen MR) is 73.3 cm³/mol. The van der Waals surface area contributed by atoms with E-state index in [1.807, 2.05) is 0 Å². The fourth-order valence-electron chi connectivity index (χ4n) is 1.65. The Balaban J connectivity index is 2.37. The summed E-state index contributed by atoms with van der Waals surface area (Å²) < 4.78 is 42.6. The van der Waals surface area contributed by atoms with Crippen LogP contribution in [0.3, 0.4) is 0 Å². The van der Waals surface area contributed by atoms with Crippen LogP contribution in [-0.4, -0.2) is 26.3 Å². The molecular weight excluding hydrogens is 282 g/mol. The largest absolute Gasteiger partial charge is 0.496 e. The summed E-state index contributed by atoms with van der Waals surface area (Å²) in [7, 11) is 4.43. The van der Waals surface area contributed by atoms with Gasteiger partial charge in [-0.1, -0.05) is 0 Å². The molecule has 1 aromatic heterocycles. The zero-order valence-corrected chi connectivity index (χ0v) is 11.7. The van der Waals surface area contributed by atoms with Crippen molar-refractivity contribution in [2.45, 2.75) is 0 Å². The van der Waals surface area contributed by atoms with Gasteiger partial charge in [-0.2, -0.15) is 4.98 Å². The van der Waals surface area contributed by atoms with Crippen LogP contribution in [-0.2, 0) is 0 Å². The minimum Gasteiger partial charge on any atom is -0.496 e. The van der Waals surface area contributed by atoms with Crippen molar-refractivity contribution in [3.05, 3.63) is 35.9 Å². The van der Waals surface area contributed by atoms with Crippen LogP contribution in [0.25, 0.3) is 0 Å². The molecule has 5 nitrogen and oxygen atoms in total. The first-order chi connectivity index (χ1) is 10.1. The molecule has 1 heterocycles. The van der Waals surface area contributed by atoms with Crippen LogP contribution in [0.15, 0.2) is 24.3 Å². The fraction of sp³-hybridized carbons (Fsp3) is 0.214. The first kappa shape index (κ1) is 14.8. The third-order valence-corrected chi connectivity index (χ3v) is 2.67. The zero-order valence-electron chi connectivity index (χ0n) is 11.7. The minimum absolute atomic E-state index is 0.110. The number of hydrogen-bond acceptors (Lipinski definition) is 5. The summed E-state index contributed by atoms with van der Waals surface area (Å²) in [5.74, 6) is -0.969. The van der Waals surface area contributed by atoms with Crippen LogP contribution in [0, 0.1) is 11.6 Å². The van der Waals surface area contributed by atoms with Crippen molar-refractivity contribution in [1.82, 2.24) is 4.98 Å². The number of anilines is 1. The van der Waals surface area contributed by atoms with Crippen LogP contribution < -0.4 is 19.5 Å². The first-order valence-corrected chi connectivity index (χ1v) is 6.02. The molecule has 0 saturated heterocycles. The topological polar surface area (TPSA) is 52.6 Å². The van der Waals surface area contributed by atoms with Crippen molar-refractivity contribution in [3.63, 3.8) is 0 Å². The molecule has 2 rings (SSSR count). The van der Waals surface area contributed by atoms with Crippen LogP contribution in [0.1, 0.15) is 0 Å². The van der Waals surface area contributed by atoms with E-state index in [0.29, 0.717) is 17.6 Å². The Morgan fingerprint density at radius 1 is 0.905 bits per heavy atom. The predicted octanol–water partition coefficient (Wildman–Crippen LogP) is 3.21. The number of nitrogens with one attached hydrogen (secondary N) is 1. The van der Waals surface area contributed by atoms with E-state index in [2.05, 4.69) is 10.3 Å². The van der Waals surface area contributed by atoms with Crippen LogP contribution in [0.4, 0.5) is 14.6 Å². The van der Waals surface area contributed by atoms with Crippen molar-refractivity contribution in [2.75, 3.05) is 26.6 Å². The maximum absolute atomic E-state index is 13.7. The molecule has 2 aromatic rings. The number of halogens is 2. The van der Waals surface area contributed by atoms with Gasteiger partial charge in [-0.3, -0.25) is 0 Å². The highest BCUT2D eigenvalue weighted by atomic mass is 19.1. The van der Waals surface area contributed by atoms with Gasteiger partial charge in [-0.15, -0.1) is 0 Å². The van der Waals surface area contributed by atoms with Gasteiger partial charge >= 0.3 is 0 Å². The number of aromatic nitrogens is 1. The Morgan fingerprint density at radius 2 is 1.48 bits per heavy atom. The molecule has 0 atom stereocenters. The standard InChI is InChI=1S/C14H14F2N2O3/c1-17-13-11(15)7-12(16)14(18-13)21-10-5-8(19-2)4-9(6-10)20-3/h4-7H,1-3H3,(H,17,18). The molecular formula is C14H14F2N2O3. The van der Waals surface area contributed by atoms with Gasteiger partial charge in [-0.25, -0.2) is 8.78 Å². The number of pyridine rings is 1. The average Bonchev–Trinajstić information content (AvgIpc) is 2.49. The van der Waals surface area contributed by atoms with Crippen LogP contribution in [0.2, 0.25) is 0 Å². The summed E-state index contributed by atoms with van der Waals surface area (Å²) in [6.07, 6.45) is 0. The van der Waals surface area contributed by atoms with Crippen molar-refractivity contribution < 1.29 is 23.0 Å². The molecule has 0 bridgehead atoms. The molecule has 0 amide bonds. The lowest BCUT2D eigenvalue weighted by Crippen LogP contribution is -2.01. The highest BCUT2D eigenvalue weighted by Crippen LogP contribution is 2.32. The first-order valence-electron chi connectivity index (χ1n) is 6.02. The lowest BCUT2D eigenvalue weighted by molar-refractivity contribution is 0.379. The number of rotatable bonds is 5. The van der Waals surface area contributed by atoms with E-state index < -0.39 is 11.6 Å². The van der Waals surface area contributed by atoms with E-state index in [1.165, 1.54) is 33.4 Å². The lowest BCUT2D eigenvalue weighted by Gasteiger charge is -2.11. The van der Waals surface area contributed by atoms with Crippen LogP contribution >= 0.6 is 0 Å². The third kappa shape index (κ3) is 3.31. The highest BCUT2D eigenvalue weighted by molar-refractivity contribution is 5.45. The Kier molecular flexibility index (Phi) is 4.42. The van der Waals surface area contributed by atoms with Crippen molar-refractivity contribution in [2.24, 2.45) is 0 Å². The summed E-state index contributed by atoms with van der Waals surface area (Å²) in [6.45, 7) is 0. The van der Waals surface area contributed by atoms with Gasteiger partial charge in [0.25, 0.3) is 5.88 Å². The molecule has 21 heavy (non-hydrogen) atoms. The number of ether oxygens (including phenoxy) is 3. The summed E-state index contributed by atoms with van der Waals surface area (Å²) in [5.41, 5.74) is 0. The molecule has 112 valence electrons. The Labute approximate surface area is 120 Å². The zero-order chi connectivity index (χ0) is 15.4. The Morgan fingerprint density at radius 3 is 2.00 bits per heavy atom. The molecule has 1 aromatic carbocycles. The molecule has 0 aliphatic heterocycles. The van der Waals surface area contributed by atoms with E-state index in [1.54, 1.807) is 6.07 Å². The molecule has 0 radical (unpaired) electrons. The SMILES string of the molecule is CNc1nc(Oc2cc(OC)cc(OC)c2)c(F)cc1F. The van der Waals surface area contributed by atoms with E-state index in [0.717, 1.165) is 0 Å². The number of hydrogen-bond donors (Lipinski definition) is 1. The van der Waals surface area contributed by atoms with Gasteiger partial charge in [0.2, 0.25) is 0 Å². The molecule has 0 fully saturated rings. The lowest BCUT2D eigenvalue weighted by atomic mass is 10.3. The fourth-order valence-corrected chi connectivity index (χ4v) is 1.65. The summed E-state index contributed by atoms with van der Waals surface area (Å²) in [5, 5.41) is 2.51. The van der Waals surface area contributed by atoms with Gasteiger partial charge in [0.05, 0.1) is 14.2 Å². The molecule has 0 unspecified atom stereocenters. The molecule has 1 N–H and O–H groups in total. The monoisotopic (exact) mass is 296 g/mol. The maximum atomic E-state index is 13.7. The maximum Gasteiger partial charge on any atom is 0.258 e. The Bertz CT molecular complexity index is 628. The second-order valence-electron chi connectivity index (χ2n) is 4.01. The third-order valence-electron chi connectivity index (χ3n) is 2.67. The quantitative estimate of drug-likeness (QED) is 0.918. The summed E-state index contributed by atoms with van der Waals surface area (Å²) in [4.78, 5) is 3.73. The van der Waals surface area contributed by atoms with Crippen LogP contribution in [0.5, 0.6) is 23.1 Å². The van der Waals surface area contributed by atoms with E-state index >= 15 is 0 Å². The van der Waals surface area contributed by atoms with Gasteiger partial charge in [0.1, 0.15) is 17.2 Å². The second kappa shape index (κ2) is 6.25. The number of nitrogens with zero attached hydrogens (tertiary/aromatic N) is 1. The number of methoxy groups -OCH3 is 2. The van der Waals surface area contributed by atoms with Gasteiger partial charge in [-0.05, 0) is 0 Å². The van der Waals surface area contributed by atoms with Gasteiger partial charge < -0.3 is 19.5 Å². The normalized spacial score (nSPS) is 10.1. The van der Waals surface area contributed by atoms with Gasteiger partial charge in [0, 0.05) is 31.3 Å². The summed E-state index contributed by atoms with van der Waals surface area (Å²) in [6, 6.07) is 5.41. The molecule has 0 spiro atoms. The molecule has 7 heteroatoms.